The van der Waals surface area contributed by atoms with Crippen molar-refractivity contribution in [3.63, 3.8) is 0 Å². The fraction of sp³-hybridized carbons (Fsp3) is 0.200. The minimum absolute atomic E-state index is 0.0470. The van der Waals surface area contributed by atoms with Crippen LogP contribution in [0.1, 0.15) is 23.4 Å². The van der Waals surface area contributed by atoms with E-state index < -0.39 is 0 Å². The SMILES string of the molecule is O=C(Cc1ccccc1)NCCCc1nc2ccccc2n1Cc1ccccc1Cl. The largest absolute Gasteiger partial charge is 0.356 e. The molecule has 0 unspecified atom stereocenters. The molecule has 0 atom stereocenters. The Bertz CT molecular complexity index is 1140. The van der Waals surface area contributed by atoms with Gasteiger partial charge in [0, 0.05) is 18.0 Å². The van der Waals surface area contributed by atoms with Crippen molar-refractivity contribution >= 4 is 28.5 Å². The summed E-state index contributed by atoms with van der Waals surface area (Å²) in [5.41, 5.74) is 4.17. The molecule has 0 saturated heterocycles. The van der Waals surface area contributed by atoms with Crippen molar-refractivity contribution in [2.75, 3.05) is 6.54 Å². The number of para-hydroxylation sites is 2. The summed E-state index contributed by atoms with van der Waals surface area (Å²) in [6.07, 6.45) is 2.02. The first-order valence-electron chi connectivity index (χ1n) is 10.2. The highest BCUT2D eigenvalue weighted by Crippen LogP contribution is 2.22. The van der Waals surface area contributed by atoms with Crippen molar-refractivity contribution in [3.05, 3.63) is 101 Å². The molecular weight excluding hydrogens is 394 g/mol. The Morgan fingerprint density at radius 2 is 1.67 bits per heavy atom. The lowest BCUT2D eigenvalue weighted by molar-refractivity contribution is -0.120. The molecule has 1 amide bonds. The number of hydrogen-bond donors (Lipinski definition) is 1. The van der Waals surface area contributed by atoms with E-state index in [9.17, 15) is 4.79 Å². The zero-order valence-electron chi connectivity index (χ0n) is 16.7. The van der Waals surface area contributed by atoms with Gasteiger partial charge in [-0.1, -0.05) is 72.3 Å². The zero-order valence-corrected chi connectivity index (χ0v) is 17.5. The topological polar surface area (TPSA) is 46.9 Å². The molecule has 1 aromatic heterocycles. The van der Waals surface area contributed by atoms with Crippen molar-refractivity contribution < 1.29 is 4.79 Å². The van der Waals surface area contributed by atoms with Crippen LogP contribution in [0, 0.1) is 0 Å². The van der Waals surface area contributed by atoms with Crippen LogP contribution in [0.3, 0.4) is 0 Å². The van der Waals surface area contributed by atoms with Crippen LogP contribution in [0.25, 0.3) is 11.0 Å². The number of benzene rings is 3. The second kappa shape index (κ2) is 9.59. The summed E-state index contributed by atoms with van der Waals surface area (Å²) in [5.74, 6) is 1.05. The van der Waals surface area contributed by atoms with Crippen LogP contribution < -0.4 is 5.32 Å². The normalized spacial score (nSPS) is 11.0. The van der Waals surface area contributed by atoms with Gasteiger partial charge in [-0.25, -0.2) is 4.98 Å². The van der Waals surface area contributed by atoms with E-state index in [0.717, 1.165) is 45.8 Å². The third kappa shape index (κ3) is 4.89. The number of amides is 1. The van der Waals surface area contributed by atoms with E-state index in [4.69, 9.17) is 16.6 Å². The summed E-state index contributed by atoms with van der Waals surface area (Å²) in [5, 5.41) is 3.78. The number of imidazole rings is 1. The fourth-order valence-electron chi connectivity index (χ4n) is 3.61. The van der Waals surface area contributed by atoms with Crippen LogP contribution in [-0.2, 0) is 24.2 Å². The maximum atomic E-state index is 12.2. The molecule has 3 aromatic carbocycles. The third-order valence-electron chi connectivity index (χ3n) is 5.13. The Morgan fingerprint density at radius 3 is 2.50 bits per heavy atom. The van der Waals surface area contributed by atoms with Crippen molar-refractivity contribution in [3.8, 4) is 0 Å². The Morgan fingerprint density at radius 1 is 0.933 bits per heavy atom. The van der Waals surface area contributed by atoms with Gasteiger partial charge >= 0.3 is 0 Å². The van der Waals surface area contributed by atoms with E-state index in [1.54, 1.807) is 0 Å². The molecule has 5 heteroatoms. The molecule has 0 radical (unpaired) electrons. The summed E-state index contributed by atoms with van der Waals surface area (Å²) < 4.78 is 2.22. The summed E-state index contributed by atoms with van der Waals surface area (Å²) in [7, 11) is 0. The minimum Gasteiger partial charge on any atom is -0.356 e. The van der Waals surface area contributed by atoms with Gasteiger partial charge in [0.2, 0.25) is 5.91 Å². The summed E-state index contributed by atoms with van der Waals surface area (Å²) in [4.78, 5) is 17.0. The molecule has 0 aliphatic heterocycles. The van der Waals surface area contributed by atoms with Gasteiger partial charge in [-0.15, -0.1) is 0 Å². The lowest BCUT2D eigenvalue weighted by Gasteiger charge is -2.11. The number of carbonyl (C=O) groups is 1. The molecule has 4 nitrogen and oxygen atoms in total. The van der Waals surface area contributed by atoms with Gasteiger partial charge in [0.05, 0.1) is 24.0 Å². The van der Waals surface area contributed by atoms with E-state index in [1.807, 2.05) is 72.8 Å². The van der Waals surface area contributed by atoms with E-state index in [1.165, 1.54) is 0 Å². The molecule has 0 bridgehead atoms. The summed E-state index contributed by atoms with van der Waals surface area (Å²) in [6.45, 7) is 1.30. The minimum atomic E-state index is 0.0470. The zero-order chi connectivity index (χ0) is 20.8. The number of fused-ring (bicyclic) bond motifs is 1. The molecule has 0 aliphatic rings. The maximum absolute atomic E-state index is 12.2. The molecule has 0 saturated carbocycles. The van der Waals surface area contributed by atoms with Crippen LogP contribution in [0.15, 0.2) is 78.9 Å². The van der Waals surface area contributed by atoms with Gasteiger partial charge in [0.25, 0.3) is 0 Å². The van der Waals surface area contributed by atoms with Gasteiger partial charge in [-0.3, -0.25) is 4.79 Å². The molecular formula is C25H24ClN3O. The summed E-state index contributed by atoms with van der Waals surface area (Å²) >= 11 is 6.39. The number of rotatable bonds is 8. The Labute approximate surface area is 181 Å². The van der Waals surface area contributed by atoms with Crippen molar-refractivity contribution in [2.24, 2.45) is 0 Å². The van der Waals surface area contributed by atoms with Gasteiger partial charge in [-0.2, -0.15) is 0 Å². The van der Waals surface area contributed by atoms with Crippen LogP contribution in [0.4, 0.5) is 0 Å². The molecule has 4 rings (SSSR count). The first-order chi connectivity index (χ1) is 14.7. The highest BCUT2D eigenvalue weighted by molar-refractivity contribution is 6.31. The molecule has 30 heavy (non-hydrogen) atoms. The predicted octanol–water partition coefficient (Wildman–Crippen LogP) is 5.03. The second-order valence-corrected chi connectivity index (χ2v) is 7.72. The Balaban J connectivity index is 1.41. The number of aryl methyl sites for hydroxylation is 1. The highest BCUT2D eigenvalue weighted by atomic mass is 35.5. The van der Waals surface area contributed by atoms with Crippen LogP contribution >= 0.6 is 11.6 Å². The number of aromatic nitrogens is 2. The van der Waals surface area contributed by atoms with Crippen molar-refractivity contribution in [1.82, 2.24) is 14.9 Å². The fourth-order valence-corrected chi connectivity index (χ4v) is 3.80. The van der Waals surface area contributed by atoms with Gasteiger partial charge in [0.1, 0.15) is 5.82 Å². The smallest absolute Gasteiger partial charge is 0.224 e. The second-order valence-electron chi connectivity index (χ2n) is 7.31. The average Bonchev–Trinajstić information content (AvgIpc) is 3.11. The molecule has 4 aromatic rings. The van der Waals surface area contributed by atoms with E-state index in [-0.39, 0.29) is 5.91 Å². The number of hydrogen-bond acceptors (Lipinski definition) is 2. The molecule has 1 N–H and O–H groups in total. The lowest BCUT2D eigenvalue weighted by atomic mass is 10.1. The van der Waals surface area contributed by atoms with Crippen LogP contribution in [0.5, 0.6) is 0 Å². The molecule has 152 valence electrons. The lowest BCUT2D eigenvalue weighted by Crippen LogP contribution is -2.26. The van der Waals surface area contributed by atoms with Crippen molar-refractivity contribution in [2.45, 2.75) is 25.8 Å². The molecule has 0 spiro atoms. The van der Waals surface area contributed by atoms with Gasteiger partial charge in [-0.05, 0) is 35.7 Å². The molecule has 0 aliphatic carbocycles. The van der Waals surface area contributed by atoms with Gasteiger partial charge < -0.3 is 9.88 Å². The number of nitrogens with one attached hydrogen (secondary N) is 1. The van der Waals surface area contributed by atoms with E-state index in [2.05, 4.69) is 16.0 Å². The van der Waals surface area contributed by atoms with Crippen LogP contribution in [-0.4, -0.2) is 22.0 Å². The number of carbonyl (C=O) groups excluding carboxylic acids is 1. The van der Waals surface area contributed by atoms with Gasteiger partial charge in [0.15, 0.2) is 0 Å². The van der Waals surface area contributed by atoms with E-state index in [0.29, 0.717) is 19.5 Å². The first kappa shape index (κ1) is 20.2. The summed E-state index contributed by atoms with van der Waals surface area (Å²) in [6, 6.07) is 25.8. The monoisotopic (exact) mass is 417 g/mol. The highest BCUT2D eigenvalue weighted by Gasteiger charge is 2.12. The van der Waals surface area contributed by atoms with Crippen LogP contribution in [0.2, 0.25) is 5.02 Å². The Hall–Kier alpha value is -3.11. The quantitative estimate of drug-likeness (QED) is 0.409. The first-order valence-corrected chi connectivity index (χ1v) is 10.6. The van der Waals surface area contributed by atoms with Crippen molar-refractivity contribution in [1.29, 1.82) is 0 Å². The number of nitrogens with zero attached hydrogens (tertiary/aromatic N) is 2. The molecule has 1 heterocycles. The third-order valence-corrected chi connectivity index (χ3v) is 5.50. The average molecular weight is 418 g/mol. The Kier molecular flexibility index (Phi) is 6.45. The standard InChI is InChI=1S/C25H24ClN3O/c26-21-12-5-4-11-20(21)18-29-23-14-7-6-13-22(23)28-24(29)15-8-16-27-25(30)17-19-9-2-1-3-10-19/h1-7,9-14H,8,15-18H2,(H,27,30). The maximum Gasteiger partial charge on any atom is 0.224 e. The molecule has 0 fully saturated rings. The predicted molar refractivity (Wildman–Crippen MR) is 122 cm³/mol. The number of halogens is 1. The van der Waals surface area contributed by atoms with E-state index >= 15 is 0 Å².